The summed E-state index contributed by atoms with van der Waals surface area (Å²) in [6.07, 6.45) is 2.53. The summed E-state index contributed by atoms with van der Waals surface area (Å²) in [5.74, 6) is 0.890. The molecule has 1 fully saturated rings. The third kappa shape index (κ3) is 3.54. The molecule has 3 rings (SSSR count). The second-order valence-electron chi connectivity index (χ2n) is 6.01. The van der Waals surface area contributed by atoms with E-state index in [2.05, 4.69) is 14.6 Å². The number of aryl methyl sites for hydroxylation is 2. The van der Waals surface area contributed by atoms with Gasteiger partial charge in [0.15, 0.2) is 0 Å². The lowest BCUT2D eigenvalue weighted by Gasteiger charge is -2.18. The van der Waals surface area contributed by atoms with E-state index in [1.807, 2.05) is 44.2 Å². The van der Waals surface area contributed by atoms with Gasteiger partial charge in [-0.05, 0) is 44.0 Å². The van der Waals surface area contributed by atoms with Gasteiger partial charge >= 0.3 is 0 Å². The van der Waals surface area contributed by atoms with Gasteiger partial charge in [-0.25, -0.2) is 18.1 Å². The Morgan fingerprint density at radius 2 is 2.04 bits per heavy atom. The third-order valence-corrected chi connectivity index (χ3v) is 5.78. The Kier molecular flexibility index (Phi) is 4.37. The summed E-state index contributed by atoms with van der Waals surface area (Å²) >= 11 is 0. The second kappa shape index (κ2) is 6.29. The smallest absolute Gasteiger partial charge is 0.241 e. The molecule has 1 atom stereocenters. The largest absolute Gasteiger partial charge is 0.355 e. The first-order valence-electron chi connectivity index (χ1n) is 7.71. The molecule has 0 spiro atoms. The van der Waals surface area contributed by atoms with E-state index >= 15 is 0 Å². The van der Waals surface area contributed by atoms with Crippen molar-refractivity contribution in [2.75, 3.05) is 18.0 Å². The van der Waals surface area contributed by atoms with Gasteiger partial charge in [0, 0.05) is 25.3 Å². The molecule has 0 amide bonds. The van der Waals surface area contributed by atoms with Crippen LogP contribution in [0.4, 0.5) is 5.82 Å². The van der Waals surface area contributed by atoms with E-state index in [0.717, 1.165) is 29.9 Å². The number of benzene rings is 1. The highest BCUT2D eigenvalue weighted by molar-refractivity contribution is 7.89. The summed E-state index contributed by atoms with van der Waals surface area (Å²) in [7, 11) is -3.49. The maximum absolute atomic E-state index is 12.6. The van der Waals surface area contributed by atoms with Gasteiger partial charge in [-0.2, -0.15) is 0 Å². The van der Waals surface area contributed by atoms with Crippen molar-refractivity contribution in [3.63, 3.8) is 0 Å². The van der Waals surface area contributed by atoms with Crippen molar-refractivity contribution < 1.29 is 8.42 Å². The van der Waals surface area contributed by atoms with Crippen molar-refractivity contribution in [3.8, 4) is 0 Å². The number of nitrogens with one attached hydrogen (secondary N) is 1. The van der Waals surface area contributed by atoms with Crippen molar-refractivity contribution >= 4 is 15.8 Å². The van der Waals surface area contributed by atoms with Crippen LogP contribution in [-0.2, 0) is 10.0 Å². The predicted octanol–water partition coefficient (Wildman–Crippen LogP) is 2.26. The fourth-order valence-corrected chi connectivity index (χ4v) is 4.48. The summed E-state index contributed by atoms with van der Waals surface area (Å²) in [6, 6.07) is 11.1. The molecule has 1 N–H and O–H groups in total. The number of anilines is 1. The first-order valence-corrected chi connectivity index (χ1v) is 9.19. The first-order chi connectivity index (χ1) is 11.0. The van der Waals surface area contributed by atoms with E-state index in [9.17, 15) is 8.42 Å². The van der Waals surface area contributed by atoms with Crippen LogP contribution in [0.3, 0.4) is 0 Å². The maximum atomic E-state index is 12.6. The fourth-order valence-electron chi connectivity index (χ4n) is 2.99. The molecule has 0 bridgehead atoms. The van der Waals surface area contributed by atoms with Crippen LogP contribution in [0.2, 0.25) is 0 Å². The molecule has 6 heteroatoms. The van der Waals surface area contributed by atoms with Crippen LogP contribution in [0, 0.1) is 13.8 Å². The van der Waals surface area contributed by atoms with Crippen molar-refractivity contribution in [3.05, 3.63) is 53.7 Å². The van der Waals surface area contributed by atoms with Gasteiger partial charge in [-0.15, -0.1) is 0 Å². The number of hydrogen-bond acceptors (Lipinski definition) is 4. The van der Waals surface area contributed by atoms with Gasteiger partial charge in [0.1, 0.15) is 5.82 Å². The van der Waals surface area contributed by atoms with Crippen LogP contribution >= 0.6 is 0 Å². The molecule has 1 saturated heterocycles. The summed E-state index contributed by atoms with van der Waals surface area (Å²) in [5, 5.41) is 0. The number of nitrogens with zero attached hydrogens (tertiary/aromatic N) is 2. The summed E-state index contributed by atoms with van der Waals surface area (Å²) in [4.78, 5) is 6.79. The standard InChI is InChI=1S/C17H21N3O2S/c1-13-6-7-16(14(2)11-13)23(21,22)19-15-8-10-20(12-15)17-5-3-4-9-18-17/h3-7,9,11,15,19H,8,10,12H2,1-2H3. The highest BCUT2D eigenvalue weighted by Gasteiger charge is 2.28. The number of hydrogen-bond donors (Lipinski definition) is 1. The lowest BCUT2D eigenvalue weighted by Crippen LogP contribution is -2.37. The molecular weight excluding hydrogens is 310 g/mol. The molecule has 1 aliphatic heterocycles. The van der Waals surface area contributed by atoms with E-state index in [0.29, 0.717) is 11.4 Å². The zero-order valence-electron chi connectivity index (χ0n) is 13.4. The second-order valence-corrected chi connectivity index (χ2v) is 7.69. The Hall–Kier alpha value is -1.92. The highest BCUT2D eigenvalue weighted by atomic mass is 32.2. The molecule has 1 aliphatic rings. The summed E-state index contributed by atoms with van der Waals surface area (Å²) < 4.78 is 28.1. The van der Waals surface area contributed by atoms with Crippen LogP contribution in [0.15, 0.2) is 47.5 Å². The Bertz CT molecular complexity index is 791. The number of rotatable bonds is 4. The van der Waals surface area contributed by atoms with Gasteiger partial charge in [0.05, 0.1) is 4.90 Å². The molecule has 0 aliphatic carbocycles. The molecule has 2 aromatic rings. The van der Waals surface area contributed by atoms with Crippen molar-refractivity contribution in [1.82, 2.24) is 9.71 Å². The number of pyridine rings is 1. The zero-order valence-corrected chi connectivity index (χ0v) is 14.2. The predicted molar refractivity (Wildman–Crippen MR) is 91.1 cm³/mol. The molecule has 23 heavy (non-hydrogen) atoms. The summed E-state index contributed by atoms with van der Waals surface area (Å²) in [5.41, 5.74) is 1.83. The SMILES string of the molecule is Cc1ccc(S(=O)(=O)NC2CCN(c3ccccn3)C2)c(C)c1. The van der Waals surface area contributed by atoms with E-state index in [1.165, 1.54) is 0 Å². The van der Waals surface area contributed by atoms with E-state index in [-0.39, 0.29) is 6.04 Å². The highest BCUT2D eigenvalue weighted by Crippen LogP contribution is 2.21. The molecule has 1 aromatic heterocycles. The average Bonchev–Trinajstić information content (AvgIpc) is 2.95. The molecular formula is C17H21N3O2S. The Morgan fingerprint density at radius 3 is 2.74 bits per heavy atom. The van der Waals surface area contributed by atoms with Gasteiger partial charge < -0.3 is 4.90 Å². The van der Waals surface area contributed by atoms with Crippen molar-refractivity contribution in [2.45, 2.75) is 31.2 Å². The van der Waals surface area contributed by atoms with Crippen LogP contribution in [0.25, 0.3) is 0 Å². The molecule has 0 radical (unpaired) electrons. The molecule has 5 nitrogen and oxygen atoms in total. The normalized spacial score (nSPS) is 18.3. The topological polar surface area (TPSA) is 62.3 Å². The van der Waals surface area contributed by atoms with Gasteiger partial charge in [-0.3, -0.25) is 0 Å². The zero-order chi connectivity index (χ0) is 16.4. The fraction of sp³-hybridized carbons (Fsp3) is 0.353. The summed E-state index contributed by atoms with van der Waals surface area (Å²) in [6.45, 7) is 5.23. The van der Waals surface area contributed by atoms with Gasteiger partial charge in [-0.1, -0.05) is 23.8 Å². The Morgan fingerprint density at radius 1 is 1.22 bits per heavy atom. The van der Waals surface area contributed by atoms with E-state index in [1.54, 1.807) is 12.3 Å². The molecule has 122 valence electrons. The Balaban J connectivity index is 1.72. The maximum Gasteiger partial charge on any atom is 0.241 e. The van der Waals surface area contributed by atoms with Crippen LogP contribution < -0.4 is 9.62 Å². The minimum absolute atomic E-state index is 0.0947. The molecule has 1 unspecified atom stereocenters. The average molecular weight is 331 g/mol. The first kappa shape index (κ1) is 16.0. The Labute approximate surface area is 137 Å². The van der Waals surface area contributed by atoms with Gasteiger partial charge in [0.25, 0.3) is 0 Å². The lowest BCUT2D eigenvalue weighted by atomic mass is 10.2. The monoisotopic (exact) mass is 331 g/mol. The van der Waals surface area contributed by atoms with Crippen molar-refractivity contribution in [2.24, 2.45) is 0 Å². The van der Waals surface area contributed by atoms with Gasteiger partial charge in [0.2, 0.25) is 10.0 Å². The quantitative estimate of drug-likeness (QED) is 0.933. The van der Waals surface area contributed by atoms with Crippen LogP contribution in [0.5, 0.6) is 0 Å². The molecule has 0 saturated carbocycles. The lowest BCUT2D eigenvalue weighted by molar-refractivity contribution is 0.560. The van der Waals surface area contributed by atoms with E-state index in [4.69, 9.17) is 0 Å². The van der Waals surface area contributed by atoms with E-state index < -0.39 is 10.0 Å². The van der Waals surface area contributed by atoms with Crippen LogP contribution in [0.1, 0.15) is 17.5 Å². The van der Waals surface area contributed by atoms with Crippen molar-refractivity contribution in [1.29, 1.82) is 0 Å². The minimum Gasteiger partial charge on any atom is -0.355 e. The third-order valence-electron chi connectivity index (χ3n) is 4.10. The number of sulfonamides is 1. The van der Waals surface area contributed by atoms with Crippen LogP contribution in [-0.4, -0.2) is 32.5 Å². The molecule has 2 heterocycles. The number of aromatic nitrogens is 1. The molecule has 1 aromatic carbocycles. The minimum atomic E-state index is -3.49.